The fourth-order valence-electron chi connectivity index (χ4n) is 2.85. The predicted molar refractivity (Wildman–Crippen MR) is 110 cm³/mol. The number of pyridine rings is 1. The van der Waals surface area contributed by atoms with Crippen LogP contribution < -0.4 is 10.1 Å². The summed E-state index contributed by atoms with van der Waals surface area (Å²) in [5.41, 5.74) is 2.07. The number of aromatic nitrogens is 1. The average molecular weight is 415 g/mol. The number of benzene rings is 2. The molecular weight excluding hydrogens is 396 g/mol. The van der Waals surface area contributed by atoms with Crippen molar-refractivity contribution in [3.05, 3.63) is 58.7 Å². The maximum atomic E-state index is 12.5. The number of anilines is 2. The van der Waals surface area contributed by atoms with Gasteiger partial charge in [0.05, 0.1) is 43.3 Å². The van der Waals surface area contributed by atoms with E-state index in [2.05, 4.69) is 10.3 Å². The van der Waals surface area contributed by atoms with Gasteiger partial charge in [0.15, 0.2) is 0 Å². The molecule has 0 spiro atoms. The van der Waals surface area contributed by atoms with Gasteiger partial charge in [-0.3, -0.25) is 4.98 Å². The monoisotopic (exact) mass is 414 g/mol. The Balaban J connectivity index is 2.24. The first-order chi connectivity index (χ1) is 14.0. The first-order valence-electron chi connectivity index (χ1n) is 8.77. The van der Waals surface area contributed by atoms with E-state index < -0.39 is 11.9 Å². The summed E-state index contributed by atoms with van der Waals surface area (Å²) in [5, 5.41) is 4.22. The van der Waals surface area contributed by atoms with Crippen LogP contribution in [0.4, 0.5) is 11.4 Å². The van der Waals surface area contributed by atoms with E-state index in [9.17, 15) is 9.59 Å². The number of rotatable bonds is 6. The highest BCUT2D eigenvalue weighted by molar-refractivity contribution is 6.31. The zero-order valence-corrected chi connectivity index (χ0v) is 16.9. The van der Waals surface area contributed by atoms with Gasteiger partial charge in [-0.15, -0.1) is 0 Å². The van der Waals surface area contributed by atoms with E-state index in [0.717, 1.165) is 0 Å². The predicted octanol–water partition coefficient (Wildman–Crippen LogP) is 4.60. The lowest BCUT2D eigenvalue weighted by Gasteiger charge is -2.17. The number of nitrogens with one attached hydrogen (secondary N) is 1. The Morgan fingerprint density at radius 2 is 1.90 bits per heavy atom. The second kappa shape index (κ2) is 8.79. The fourth-order valence-corrected chi connectivity index (χ4v) is 3.02. The zero-order chi connectivity index (χ0) is 21.0. The standard InChI is InChI=1S/C21H19ClN2O5/c1-4-29-21(26)15-11-23-16-7-5-12(20(25)28-3)9-14(16)19(15)24-17-10-13(22)6-8-18(17)27-2/h5-11H,4H2,1-3H3,(H,23,24). The maximum absolute atomic E-state index is 12.5. The van der Waals surface area contributed by atoms with Crippen LogP contribution >= 0.6 is 11.6 Å². The molecule has 0 saturated heterocycles. The highest BCUT2D eigenvalue weighted by Gasteiger charge is 2.19. The molecule has 0 bridgehead atoms. The van der Waals surface area contributed by atoms with Gasteiger partial charge >= 0.3 is 11.9 Å². The first kappa shape index (κ1) is 20.4. The minimum atomic E-state index is -0.547. The number of hydrogen-bond acceptors (Lipinski definition) is 7. The minimum Gasteiger partial charge on any atom is -0.495 e. The summed E-state index contributed by atoms with van der Waals surface area (Å²) < 4.78 is 15.4. The number of methoxy groups -OCH3 is 2. The third kappa shape index (κ3) is 4.25. The van der Waals surface area contributed by atoms with Gasteiger partial charge < -0.3 is 19.5 Å². The zero-order valence-electron chi connectivity index (χ0n) is 16.1. The van der Waals surface area contributed by atoms with Gasteiger partial charge in [0, 0.05) is 16.6 Å². The van der Waals surface area contributed by atoms with Gasteiger partial charge in [-0.05, 0) is 43.3 Å². The summed E-state index contributed by atoms with van der Waals surface area (Å²) in [6, 6.07) is 9.96. The average Bonchev–Trinajstić information content (AvgIpc) is 2.73. The Hall–Kier alpha value is -3.32. The lowest BCUT2D eigenvalue weighted by molar-refractivity contribution is 0.0526. The summed E-state index contributed by atoms with van der Waals surface area (Å²) in [6.45, 7) is 1.92. The first-order valence-corrected chi connectivity index (χ1v) is 9.15. The Morgan fingerprint density at radius 3 is 2.59 bits per heavy atom. The lowest BCUT2D eigenvalue weighted by atomic mass is 10.1. The van der Waals surface area contributed by atoms with Crippen LogP contribution in [0.3, 0.4) is 0 Å². The number of ether oxygens (including phenoxy) is 3. The molecule has 0 unspecified atom stereocenters. The fraction of sp³-hybridized carbons (Fsp3) is 0.190. The van der Waals surface area contributed by atoms with Crippen molar-refractivity contribution in [2.45, 2.75) is 6.92 Å². The molecule has 0 amide bonds. The summed E-state index contributed by atoms with van der Waals surface area (Å²) >= 11 is 6.14. The number of nitrogens with zero attached hydrogens (tertiary/aromatic N) is 1. The second-order valence-electron chi connectivity index (χ2n) is 5.96. The van der Waals surface area contributed by atoms with Crippen LogP contribution in [0, 0.1) is 0 Å². The Kier molecular flexibility index (Phi) is 6.19. The quantitative estimate of drug-likeness (QED) is 0.589. The van der Waals surface area contributed by atoms with Crippen LogP contribution in [0.5, 0.6) is 5.75 Å². The van der Waals surface area contributed by atoms with Crippen molar-refractivity contribution in [3.8, 4) is 5.75 Å². The summed E-state index contributed by atoms with van der Waals surface area (Å²) in [6.07, 6.45) is 1.43. The molecule has 0 aliphatic rings. The molecule has 3 aromatic rings. The third-order valence-corrected chi connectivity index (χ3v) is 4.44. The van der Waals surface area contributed by atoms with Crippen LogP contribution in [-0.2, 0) is 9.47 Å². The molecule has 150 valence electrons. The van der Waals surface area contributed by atoms with Crippen molar-refractivity contribution in [2.24, 2.45) is 0 Å². The van der Waals surface area contributed by atoms with E-state index in [-0.39, 0.29) is 12.2 Å². The molecule has 8 heteroatoms. The van der Waals surface area contributed by atoms with E-state index in [1.807, 2.05) is 0 Å². The van der Waals surface area contributed by atoms with Crippen LogP contribution in [0.15, 0.2) is 42.6 Å². The molecule has 0 aliphatic heterocycles. The van der Waals surface area contributed by atoms with Gasteiger partial charge in [0.1, 0.15) is 11.3 Å². The minimum absolute atomic E-state index is 0.207. The molecule has 0 aliphatic carbocycles. The number of carbonyl (C=O) groups excluding carboxylic acids is 2. The smallest absolute Gasteiger partial charge is 0.341 e. The van der Waals surface area contributed by atoms with E-state index in [0.29, 0.717) is 38.6 Å². The van der Waals surface area contributed by atoms with Crippen molar-refractivity contribution in [1.82, 2.24) is 4.98 Å². The maximum Gasteiger partial charge on any atom is 0.341 e. The highest BCUT2D eigenvalue weighted by Crippen LogP contribution is 2.35. The molecule has 1 N–H and O–H groups in total. The van der Waals surface area contributed by atoms with Crippen LogP contribution in [0.1, 0.15) is 27.6 Å². The van der Waals surface area contributed by atoms with E-state index in [4.69, 9.17) is 25.8 Å². The number of esters is 2. The number of hydrogen-bond donors (Lipinski definition) is 1. The van der Waals surface area contributed by atoms with E-state index >= 15 is 0 Å². The largest absolute Gasteiger partial charge is 0.495 e. The molecule has 2 aromatic carbocycles. The Labute approximate surface area is 172 Å². The summed E-state index contributed by atoms with van der Waals surface area (Å²) in [5.74, 6) is -0.521. The molecular formula is C21H19ClN2O5. The van der Waals surface area contributed by atoms with Crippen LogP contribution in [0.25, 0.3) is 10.9 Å². The third-order valence-electron chi connectivity index (χ3n) is 4.21. The molecule has 0 fully saturated rings. The van der Waals surface area contributed by atoms with Crippen molar-refractivity contribution < 1.29 is 23.8 Å². The SMILES string of the molecule is CCOC(=O)c1cnc2ccc(C(=O)OC)cc2c1Nc1cc(Cl)ccc1OC. The summed E-state index contributed by atoms with van der Waals surface area (Å²) in [4.78, 5) is 28.9. The molecule has 0 atom stereocenters. The normalized spacial score (nSPS) is 10.5. The molecule has 0 radical (unpaired) electrons. The highest BCUT2D eigenvalue weighted by atomic mass is 35.5. The van der Waals surface area contributed by atoms with Gasteiger partial charge in [-0.2, -0.15) is 0 Å². The van der Waals surface area contributed by atoms with Crippen molar-refractivity contribution in [1.29, 1.82) is 0 Å². The van der Waals surface area contributed by atoms with Crippen molar-refractivity contribution >= 4 is 45.8 Å². The molecule has 29 heavy (non-hydrogen) atoms. The van der Waals surface area contributed by atoms with Gasteiger partial charge in [-0.1, -0.05) is 11.6 Å². The van der Waals surface area contributed by atoms with E-state index in [1.165, 1.54) is 20.4 Å². The molecule has 1 aromatic heterocycles. The van der Waals surface area contributed by atoms with Gasteiger partial charge in [0.25, 0.3) is 0 Å². The molecule has 0 saturated carbocycles. The number of carbonyl (C=O) groups is 2. The Bertz CT molecular complexity index is 1080. The second-order valence-corrected chi connectivity index (χ2v) is 6.40. The van der Waals surface area contributed by atoms with Crippen LogP contribution in [0.2, 0.25) is 5.02 Å². The van der Waals surface area contributed by atoms with Crippen LogP contribution in [-0.4, -0.2) is 37.7 Å². The van der Waals surface area contributed by atoms with Gasteiger partial charge in [-0.25, -0.2) is 9.59 Å². The van der Waals surface area contributed by atoms with E-state index in [1.54, 1.807) is 43.3 Å². The lowest BCUT2D eigenvalue weighted by Crippen LogP contribution is -2.10. The number of fused-ring (bicyclic) bond motifs is 1. The van der Waals surface area contributed by atoms with Crippen molar-refractivity contribution in [3.63, 3.8) is 0 Å². The van der Waals surface area contributed by atoms with Crippen molar-refractivity contribution in [2.75, 3.05) is 26.1 Å². The molecule has 3 rings (SSSR count). The topological polar surface area (TPSA) is 86.8 Å². The molecule has 1 heterocycles. The molecule has 7 nitrogen and oxygen atoms in total. The number of halogens is 1. The summed E-state index contributed by atoms with van der Waals surface area (Å²) in [7, 11) is 2.83. The van der Waals surface area contributed by atoms with Gasteiger partial charge in [0.2, 0.25) is 0 Å². The Morgan fingerprint density at radius 1 is 1.10 bits per heavy atom.